The molecule has 0 saturated carbocycles. The lowest BCUT2D eigenvalue weighted by Crippen LogP contribution is -2.03. The second-order valence-electron chi connectivity index (χ2n) is 3.11. The van der Waals surface area contributed by atoms with Gasteiger partial charge in [0.1, 0.15) is 11.4 Å². The Balaban J connectivity index is 2.37. The molecule has 88 valence electrons. The van der Waals surface area contributed by atoms with Crippen molar-refractivity contribution in [2.75, 3.05) is 0 Å². The highest BCUT2D eigenvalue weighted by Crippen LogP contribution is 2.27. The van der Waals surface area contributed by atoms with Crippen molar-refractivity contribution in [2.24, 2.45) is 7.05 Å². The SMILES string of the molecule is Cn1cnnc1Sc1nccc(C(=O)O)c1F. The molecule has 0 aromatic carbocycles. The molecule has 17 heavy (non-hydrogen) atoms. The van der Waals surface area contributed by atoms with Gasteiger partial charge in [-0.1, -0.05) is 0 Å². The van der Waals surface area contributed by atoms with Crippen LogP contribution in [-0.2, 0) is 7.05 Å². The van der Waals surface area contributed by atoms with E-state index in [-0.39, 0.29) is 5.03 Å². The highest BCUT2D eigenvalue weighted by Gasteiger charge is 2.17. The van der Waals surface area contributed by atoms with Crippen LogP contribution in [0.4, 0.5) is 4.39 Å². The molecule has 2 rings (SSSR count). The van der Waals surface area contributed by atoms with Gasteiger partial charge in [-0.3, -0.25) is 0 Å². The molecular formula is C9H7FN4O2S. The average molecular weight is 254 g/mol. The topological polar surface area (TPSA) is 80.9 Å². The number of rotatable bonds is 3. The Morgan fingerprint density at radius 2 is 2.35 bits per heavy atom. The fraction of sp³-hybridized carbons (Fsp3) is 0.111. The van der Waals surface area contributed by atoms with E-state index in [2.05, 4.69) is 15.2 Å². The molecule has 2 aromatic heterocycles. The standard InChI is InChI=1S/C9H7FN4O2S/c1-14-4-12-13-9(14)17-7-6(10)5(8(15)16)2-3-11-7/h2-4H,1H3,(H,15,16). The maximum atomic E-state index is 13.7. The number of carboxylic acid groups (broad SMARTS) is 1. The summed E-state index contributed by atoms with van der Waals surface area (Å²) in [6.07, 6.45) is 2.70. The van der Waals surface area contributed by atoms with Crippen LogP contribution in [-0.4, -0.2) is 30.8 Å². The number of halogens is 1. The van der Waals surface area contributed by atoms with Crippen molar-refractivity contribution in [1.29, 1.82) is 0 Å². The zero-order chi connectivity index (χ0) is 12.4. The molecule has 0 unspecified atom stereocenters. The minimum absolute atomic E-state index is 0.0407. The molecular weight excluding hydrogens is 247 g/mol. The van der Waals surface area contributed by atoms with E-state index in [9.17, 15) is 9.18 Å². The molecule has 0 saturated heterocycles. The van der Waals surface area contributed by atoms with Crippen LogP contribution in [0.2, 0.25) is 0 Å². The van der Waals surface area contributed by atoms with Crippen molar-refractivity contribution >= 4 is 17.7 Å². The zero-order valence-corrected chi connectivity index (χ0v) is 9.48. The highest BCUT2D eigenvalue weighted by atomic mass is 32.2. The summed E-state index contributed by atoms with van der Waals surface area (Å²) in [5.41, 5.74) is -0.412. The molecule has 0 atom stereocenters. The number of hydrogen-bond acceptors (Lipinski definition) is 5. The minimum Gasteiger partial charge on any atom is -0.478 e. The van der Waals surface area contributed by atoms with E-state index in [1.165, 1.54) is 12.5 Å². The molecule has 6 nitrogen and oxygen atoms in total. The maximum Gasteiger partial charge on any atom is 0.338 e. The minimum atomic E-state index is -1.33. The number of hydrogen-bond donors (Lipinski definition) is 1. The summed E-state index contributed by atoms with van der Waals surface area (Å²) in [4.78, 5) is 14.5. The van der Waals surface area contributed by atoms with Gasteiger partial charge in [0.15, 0.2) is 11.0 Å². The van der Waals surface area contributed by atoms with Gasteiger partial charge in [-0.15, -0.1) is 10.2 Å². The highest BCUT2D eigenvalue weighted by molar-refractivity contribution is 7.99. The van der Waals surface area contributed by atoms with Gasteiger partial charge in [-0.05, 0) is 17.8 Å². The summed E-state index contributed by atoms with van der Waals surface area (Å²) in [6, 6.07) is 1.11. The number of pyridine rings is 1. The van der Waals surface area contributed by atoms with Gasteiger partial charge in [0.2, 0.25) is 0 Å². The van der Waals surface area contributed by atoms with Crippen molar-refractivity contribution in [3.63, 3.8) is 0 Å². The zero-order valence-electron chi connectivity index (χ0n) is 8.66. The van der Waals surface area contributed by atoms with Crippen LogP contribution in [0.15, 0.2) is 28.8 Å². The Hall–Kier alpha value is -1.96. The summed E-state index contributed by atoms with van der Waals surface area (Å²) in [5.74, 6) is -2.20. The Kier molecular flexibility index (Phi) is 3.05. The first-order chi connectivity index (χ1) is 8.09. The van der Waals surface area contributed by atoms with Crippen LogP contribution in [0.5, 0.6) is 0 Å². The molecule has 0 aliphatic rings. The van der Waals surface area contributed by atoms with E-state index >= 15 is 0 Å². The smallest absolute Gasteiger partial charge is 0.338 e. The van der Waals surface area contributed by atoms with Crippen molar-refractivity contribution in [2.45, 2.75) is 10.2 Å². The molecule has 0 fully saturated rings. The molecule has 8 heteroatoms. The number of carboxylic acids is 1. The molecule has 0 radical (unpaired) electrons. The lowest BCUT2D eigenvalue weighted by Gasteiger charge is -2.03. The van der Waals surface area contributed by atoms with Gasteiger partial charge < -0.3 is 9.67 Å². The molecule has 0 bridgehead atoms. The van der Waals surface area contributed by atoms with Gasteiger partial charge in [0, 0.05) is 13.2 Å². The number of carbonyl (C=O) groups is 1. The maximum absolute atomic E-state index is 13.7. The first-order valence-electron chi connectivity index (χ1n) is 4.49. The second-order valence-corrected chi connectivity index (χ2v) is 4.07. The molecule has 0 spiro atoms. The molecule has 2 aromatic rings. The predicted molar refractivity (Wildman–Crippen MR) is 56.3 cm³/mol. The normalized spacial score (nSPS) is 10.5. The third-order valence-corrected chi connectivity index (χ3v) is 2.98. The number of aryl methyl sites for hydroxylation is 1. The van der Waals surface area contributed by atoms with Gasteiger partial charge in [0.05, 0.1) is 5.56 Å². The van der Waals surface area contributed by atoms with E-state index in [4.69, 9.17) is 5.11 Å². The summed E-state index contributed by atoms with van der Waals surface area (Å²) in [7, 11) is 1.70. The lowest BCUT2D eigenvalue weighted by atomic mass is 10.3. The van der Waals surface area contributed by atoms with Gasteiger partial charge in [0.25, 0.3) is 0 Å². The van der Waals surface area contributed by atoms with E-state index in [0.717, 1.165) is 17.8 Å². The van der Waals surface area contributed by atoms with Gasteiger partial charge >= 0.3 is 5.97 Å². The van der Waals surface area contributed by atoms with E-state index in [0.29, 0.717) is 5.16 Å². The molecule has 0 aliphatic carbocycles. The predicted octanol–water partition coefficient (Wildman–Crippen LogP) is 1.20. The van der Waals surface area contributed by atoms with Crippen LogP contribution in [0.1, 0.15) is 10.4 Å². The van der Waals surface area contributed by atoms with Gasteiger partial charge in [-0.2, -0.15) is 0 Å². The quantitative estimate of drug-likeness (QED) is 0.886. The fourth-order valence-corrected chi connectivity index (χ4v) is 1.88. The van der Waals surface area contributed by atoms with Crippen molar-refractivity contribution < 1.29 is 14.3 Å². The Morgan fingerprint density at radius 3 is 2.94 bits per heavy atom. The number of aromatic carboxylic acids is 1. The molecule has 1 N–H and O–H groups in total. The first-order valence-corrected chi connectivity index (χ1v) is 5.31. The summed E-state index contributed by atoms with van der Waals surface area (Å²) in [6.45, 7) is 0. The lowest BCUT2D eigenvalue weighted by molar-refractivity contribution is 0.0691. The second kappa shape index (κ2) is 4.50. The average Bonchev–Trinajstić information content (AvgIpc) is 2.67. The van der Waals surface area contributed by atoms with E-state index in [1.807, 2.05) is 0 Å². The summed E-state index contributed by atoms with van der Waals surface area (Å²) < 4.78 is 15.3. The molecule has 0 amide bonds. The van der Waals surface area contributed by atoms with Crippen LogP contribution in [0.25, 0.3) is 0 Å². The number of nitrogens with zero attached hydrogens (tertiary/aromatic N) is 4. The van der Waals surface area contributed by atoms with Crippen molar-refractivity contribution in [1.82, 2.24) is 19.7 Å². The summed E-state index contributed by atoms with van der Waals surface area (Å²) >= 11 is 0.919. The fourth-order valence-electron chi connectivity index (χ4n) is 1.11. The van der Waals surface area contributed by atoms with Crippen LogP contribution < -0.4 is 0 Å². The Bertz CT molecular complexity index is 572. The largest absolute Gasteiger partial charge is 0.478 e. The monoisotopic (exact) mass is 254 g/mol. The van der Waals surface area contributed by atoms with Gasteiger partial charge in [-0.25, -0.2) is 14.2 Å². The third-order valence-electron chi connectivity index (χ3n) is 1.95. The first kappa shape index (κ1) is 11.5. The van der Waals surface area contributed by atoms with E-state index in [1.54, 1.807) is 11.6 Å². The molecule has 0 aliphatic heterocycles. The van der Waals surface area contributed by atoms with Crippen molar-refractivity contribution in [3.8, 4) is 0 Å². The van der Waals surface area contributed by atoms with Crippen LogP contribution >= 0.6 is 11.8 Å². The Labute approximate surface area is 99.5 Å². The Morgan fingerprint density at radius 1 is 1.59 bits per heavy atom. The van der Waals surface area contributed by atoms with Crippen LogP contribution in [0.3, 0.4) is 0 Å². The van der Waals surface area contributed by atoms with Crippen LogP contribution in [0, 0.1) is 5.82 Å². The third kappa shape index (κ3) is 2.26. The molecule has 2 heterocycles. The van der Waals surface area contributed by atoms with Crippen molar-refractivity contribution in [3.05, 3.63) is 30.0 Å². The summed E-state index contributed by atoms with van der Waals surface area (Å²) in [5, 5.41) is 16.5. The number of aromatic nitrogens is 4. The van der Waals surface area contributed by atoms with E-state index < -0.39 is 17.3 Å².